The molecular formula is C21H24NS2+. The van der Waals surface area contributed by atoms with Crippen LogP contribution in [0, 0.1) is 11.8 Å². The molecule has 0 atom stereocenters. The van der Waals surface area contributed by atoms with Crippen LogP contribution in [0.5, 0.6) is 0 Å². The van der Waals surface area contributed by atoms with Crippen LogP contribution in [-0.2, 0) is 6.42 Å². The summed E-state index contributed by atoms with van der Waals surface area (Å²) in [6.45, 7) is 7.69. The lowest BCUT2D eigenvalue weighted by atomic mass is 10.1. The van der Waals surface area contributed by atoms with Gasteiger partial charge in [-0.3, -0.25) is 0 Å². The highest BCUT2D eigenvalue weighted by Crippen LogP contribution is 2.48. The van der Waals surface area contributed by atoms with Gasteiger partial charge in [-0.25, -0.2) is 0 Å². The number of benzene rings is 2. The van der Waals surface area contributed by atoms with Gasteiger partial charge in [-0.05, 0) is 49.6 Å². The minimum atomic E-state index is 0.841. The summed E-state index contributed by atoms with van der Waals surface area (Å²) < 4.78 is 1.03. The molecule has 0 fully saturated rings. The molecule has 0 amide bonds. The Kier molecular flexibility index (Phi) is 5.61. The predicted octanol–water partition coefficient (Wildman–Crippen LogP) is 5.33. The zero-order valence-electron chi connectivity index (χ0n) is 14.6. The smallest absolute Gasteiger partial charge is 0.140 e. The third kappa shape index (κ3) is 4.00. The van der Waals surface area contributed by atoms with Crippen LogP contribution in [0.25, 0.3) is 0 Å². The average molecular weight is 355 g/mol. The van der Waals surface area contributed by atoms with Crippen molar-refractivity contribution in [1.29, 1.82) is 0 Å². The van der Waals surface area contributed by atoms with Crippen molar-refractivity contribution >= 4 is 23.5 Å². The molecule has 0 bridgehead atoms. The summed E-state index contributed by atoms with van der Waals surface area (Å²) in [7, 11) is 2.28. The Morgan fingerprint density at radius 2 is 1.46 bits per heavy atom. The van der Waals surface area contributed by atoms with E-state index in [2.05, 4.69) is 75.2 Å². The SMILES string of the molecule is CC[N+](C)(CC)CC#CCc1ccc2c(c1)Sc1ccccc1S2. The second-order valence-corrected chi connectivity index (χ2v) is 8.54. The molecular weight excluding hydrogens is 330 g/mol. The normalized spacial score (nSPS) is 12.8. The highest BCUT2D eigenvalue weighted by atomic mass is 32.2. The Hall–Kier alpha value is -1.34. The van der Waals surface area contributed by atoms with Gasteiger partial charge < -0.3 is 4.48 Å². The molecule has 0 radical (unpaired) electrons. The summed E-state index contributed by atoms with van der Waals surface area (Å²) in [5, 5.41) is 0. The lowest BCUT2D eigenvalue weighted by molar-refractivity contribution is -0.899. The maximum absolute atomic E-state index is 3.38. The van der Waals surface area contributed by atoms with Crippen LogP contribution in [0.2, 0.25) is 0 Å². The lowest BCUT2D eigenvalue weighted by Gasteiger charge is -2.29. The van der Waals surface area contributed by atoms with E-state index in [1.165, 1.54) is 25.1 Å². The third-order valence-corrected chi connectivity index (χ3v) is 7.25. The summed E-state index contributed by atoms with van der Waals surface area (Å²) in [6.07, 6.45) is 0.841. The molecule has 0 unspecified atom stereocenters. The third-order valence-electron chi connectivity index (χ3n) is 4.70. The monoisotopic (exact) mass is 354 g/mol. The van der Waals surface area contributed by atoms with Crippen molar-refractivity contribution in [1.82, 2.24) is 0 Å². The first-order valence-corrected chi connectivity index (χ1v) is 10.1. The Balaban J connectivity index is 1.68. The zero-order valence-corrected chi connectivity index (χ0v) is 16.3. The van der Waals surface area contributed by atoms with Crippen LogP contribution < -0.4 is 0 Å². The van der Waals surface area contributed by atoms with Crippen LogP contribution in [0.3, 0.4) is 0 Å². The van der Waals surface area contributed by atoms with Crippen molar-refractivity contribution in [3.05, 3.63) is 48.0 Å². The molecule has 0 saturated heterocycles. The minimum absolute atomic E-state index is 0.841. The van der Waals surface area contributed by atoms with Gasteiger partial charge in [0.2, 0.25) is 0 Å². The van der Waals surface area contributed by atoms with Gasteiger partial charge in [0.15, 0.2) is 0 Å². The molecule has 2 aromatic rings. The average Bonchev–Trinajstić information content (AvgIpc) is 2.63. The van der Waals surface area contributed by atoms with Gasteiger partial charge in [0, 0.05) is 26.0 Å². The lowest BCUT2D eigenvalue weighted by Crippen LogP contribution is -2.43. The molecule has 3 heteroatoms. The van der Waals surface area contributed by atoms with Crippen LogP contribution in [-0.4, -0.2) is 31.2 Å². The largest absolute Gasteiger partial charge is 0.316 e. The maximum Gasteiger partial charge on any atom is 0.140 e. The summed E-state index contributed by atoms with van der Waals surface area (Å²) in [5.41, 5.74) is 1.32. The van der Waals surface area contributed by atoms with Crippen molar-refractivity contribution in [2.24, 2.45) is 0 Å². The van der Waals surface area contributed by atoms with Crippen LogP contribution in [0.1, 0.15) is 19.4 Å². The van der Waals surface area contributed by atoms with E-state index in [1.54, 1.807) is 0 Å². The zero-order chi connectivity index (χ0) is 17.0. The highest BCUT2D eigenvalue weighted by Gasteiger charge is 2.16. The van der Waals surface area contributed by atoms with Crippen molar-refractivity contribution < 1.29 is 4.48 Å². The van der Waals surface area contributed by atoms with E-state index in [1.807, 2.05) is 23.5 Å². The first-order chi connectivity index (χ1) is 11.6. The van der Waals surface area contributed by atoms with Gasteiger partial charge in [-0.1, -0.05) is 47.6 Å². The number of rotatable bonds is 4. The Morgan fingerprint density at radius 3 is 2.12 bits per heavy atom. The van der Waals surface area contributed by atoms with Gasteiger partial charge in [0.25, 0.3) is 0 Å². The van der Waals surface area contributed by atoms with Gasteiger partial charge >= 0.3 is 0 Å². The fourth-order valence-electron chi connectivity index (χ4n) is 2.54. The Labute approximate surface area is 154 Å². The van der Waals surface area contributed by atoms with Crippen molar-refractivity contribution in [2.75, 3.05) is 26.7 Å². The number of fused-ring (bicyclic) bond motifs is 2. The molecule has 24 heavy (non-hydrogen) atoms. The van der Waals surface area contributed by atoms with E-state index < -0.39 is 0 Å². The van der Waals surface area contributed by atoms with Gasteiger partial charge in [-0.2, -0.15) is 0 Å². The molecule has 0 aliphatic carbocycles. The van der Waals surface area contributed by atoms with Gasteiger partial charge in [-0.15, -0.1) is 0 Å². The molecule has 1 nitrogen and oxygen atoms in total. The summed E-state index contributed by atoms with van der Waals surface area (Å²) in [5.74, 6) is 6.75. The fourth-order valence-corrected chi connectivity index (χ4v) is 4.82. The number of quaternary nitrogens is 1. The predicted molar refractivity (Wildman–Crippen MR) is 105 cm³/mol. The van der Waals surface area contributed by atoms with Crippen molar-refractivity contribution in [3.63, 3.8) is 0 Å². The van der Waals surface area contributed by atoms with E-state index in [4.69, 9.17) is 0 Å². The second kappa shape index (κ2) is 7.70. The van der Waals surface area contributed by atoms with E-state index in [0.29, 0.717) is 0 Å². The molecule has 1 heterocycles. The molecule has 0 spiro atoms. The molecule has 0 aromatic heterocycles. The van der Waals surface area contributed by atoms with E-state index >= 15 is 0 Å². The molecule has 1 aliphatic heterocycles. The molecule has 0 saturated carbocycles. The minimum Gasteiger partial charge on any atom is -0.316 e. The number of hydrogen-bond donors (Lipinski definition) is 0. The van der Waals surface area contributed by atoms with E-state index in [9.17, 15) is 0 Å². The summed E-state index contributed by atoms with van der Waals surface area (Å²) in [6, 6.07) is 15.4. The van der Waals surface area contributed by atoms with Gasteiger partial charge in [0.05, 0.1) is 20.1 Å². The van der Waals surface area contributed by atoms with Crippen molar-refractivity contribution in [2.45, 2.75) is 39.9 Å². The Morgan fingerprint density at radius 1 is 0.833 bits per heavy atom. The Bertz CT molecular complexity index is 782. The molecule has 0 N–H and O–H groups in total. The van der Waals surface area contributed by atoms with Crippen LogP contribution in [0.4, 0.5) is 0 Å². The van der Waals surface area contributed by atoms with Gasteiger partial charge in [0.1, 0.15) is 6.54 Å². The highest BCUT2D eigenvalue weighted by molar-refractivity contribution is 8.05. The van der Waals surface area contributed by atoms with Crippen molar-refractivity contribution in [3.8, 4) is 11.8 Å². The molecule has 124 valence electrons. The first-order valence-electron chi connectivity index (χ1n) is 8.50. The standard InChI is InChI=1S/C21H24NS2/c1-4-22(3,5-2)15-9-8-10-17-13-14-20-21(16-17)24-19-12-7-6-11-18(19)23-20/h6-7,11-14,16H,4-5,10,15H2,1-3H3/q+1. The van der Waals surface area contributed by atoms with E-state index in [0.717, 1.165) is 30.5 Å². The van der Waals surface area contributed by atoms with E-state index in [-0.39, 0.29) is 0 Å². The summed E-state index contributed by atoms with van der Waals surface area (Å²) in [4.78, 5) is 5.44. The summed E-state index contributed by atoms with van der Waals surface area (Å²) >= 11 is 3.74. The molecule has 2 aromatic carbocycles. The fraction of sp³-hybridized carbons (Fsp3) is 0.333. The topological polar surface area (TPSA) is 0 Å². The maximum atomic E-state index is 3.38. The van der Waals surface area contributed by atoms with Crippen LogP contribution in [0.15, 0.2) is 62.0 Å². The molecule has 1 aliphatic rings. The second-order valence-electron chi connectivity index (χ2n) is 6.37. The van der Waals surface area contributed by atoms with Crippen LogP contribution >= 0.6 is 23.5 Å². The first kappa shape index (κ1) is 17.5. The number of hydrogen-bond acceptors (Lipinski definition) is 2. The number of nitrogens with zero attached hydrogens (tertiary/aromatic N) is 1. The quantitative estimate of drug-likeness (QED) is 0.458. The molecule has 3 rings (SSSR count).